The second-order valence-electron chi connectivity index (χ2n) is 7.03. The van der Waals surface area contributed by atoms with Crippen LogP contribution in [-0.2, 0) is 22.6 Å². The second-order valence-corrected chi connectivity index (χ2v) is 7.03. The number of primary amides is 1. The van der Waals surface area contributed by atoms with Gasteiger partial charge in [0.05, 0.1) is 17.5 Å². The fourth-order valence-electron chi connectivity index (χ4n) is 4.44. The summed E-state index contributed by atoms with van der Waals surface area (Å²) in [6.45, 7) is 7.97. The molecule has 0 aromatic carbocycles. The lowest BCUT2D eigenvalue weighted by molar-refractivity contribution is -0.131. The Bertz CT molecular complexity index is 651. The maximum Gasteiger partial charge on any atom is 0.227 e. The quantitative estimate of drug-likeness (QED) is 0.905. The molecule has 6 nitrogen and oxygen atoms in total. The molecule has 2 heterocycles. The SMILES string of the molecule is CCn1nc(C)c(CC(=O)N2C[C@@H]3CCC[C@]3(C(N)=O)C2)c1C. The number of rotatable bonds is 4. The molecular formula is C17H26N4O2. The van der Waals surface area contributed by atoms with Gasteiger partial charge in [-0.05, 0) is 39.5 Å². The van der Waals surface area contributed by atoms with Gasteiger partial charge >= 0.3 is 0 Å². The summed E-state index contributed by atoms with van der Waals surface area (Å²) in [4.78, 5) is 26.5. The highest BCUT2D eigenvalue weighted by Gasteiger charge is 2.54. The average molecular weight is 318 g/mol. The summed E-state index contributed by atoms with van der Waals surface area (Å²) < 4.78 is 1.93. The van der Waals surface area contributed by atoms with Crippen molar-refractivity contribution in [3.05, 3.63) is 17.0 Å². The number of hydrogen-bond donors (Lipinski definition) is 1. The highest BCUT2D eigenvalue weighted by Crippen LogP contribution is 2.48. The highest BCUT2D eigenvalue weighted by molar-refractivity contribution is 5.85. The van der Waals surface area contributed by atoms with Crippen LogP contribution >= 0.6 is 0 Å². The Morgan fingerprint density at radius 1 is 1.39 bits per heavy atom. The first-order valence-electron chi connectivity index (χ1n) is 8.49. The minimum absolute atomic E-state index is 0.0851. The van der Waals surface area contributed by atoms with Crippen molar-refractivity contribution in [1.29, 1.82) is 0 Å². The van der Waals surface area contributed by atoms with Crippen molar-refractivity contribution in [2.24, 2.45) is 17.1 Å². The maximum atomic E-state index is 12.7. The molecule has 0 bridgehead atoms. The van der Waals surface area contributed by atoms with Crippen LogP contribution in [0.3, 0.4) is 0 Å². The first-order valence-corrected chi connectivity index (χ1v) is 8.49. The van der Waals surface area contributed by atoms with Gasteiger partial charge < -0.3 is 10.6 Å². The van der Waals surface area contributed by atoms with E-state index in [2.05, 4.69) is 5.10 Å². The van der Waals surface area contributed by atoms with E-state index < -0.39 is 5.41 Å². The number of aryl methyl sites for hydroxylation is 2. The topological polar surface area (TPSA) is 81.2 Å². The van der Waals surface area contributed by atoms with Gasteiger partial charge in [-0.15, -0.1) is 0 Å². The molecule has 1 aliphatic carbocycles. The summed E-state index contributed by atoms with van der Waals surface area (Å²) in [5.41, 5.74) is 8.18. The summed E-state index contributed by atoms with van der Waals surface area (Å²) in [5, 5.41) is 4.48. The Morgan fingerprint density at radius 3 is 2.70 bits per heavy atom. The van der Waals surface area contributed by atoms with Crippen LogP contribution in [0.25, 0.3) is 0 Å². The fraction of sp³-hybridized carbons (Fsp3) is 0.706. The number of aromatic nitrogens is 2. The third-order valence-corrected chi connectivity index (χ3v) is 5.87. The molecule has 0 radical (unpaired) electrons. The van der Waals surface area contributed by atoms with Gasteiger partial charge in [0.15, 0.2) is 0 Å². The number of likely N-dealkylation sites (tertiary alicyclic amines) is 1. The number of amides is 2. The number of hydrogen-bond acceptors (Lipinski definition) is 3. The molecule has 2 amide bonds. The number of carbonyl (C=O) groups excluding carboxylic acids is 2. The summed E-state index contributed by atoms with van der Waals surface area (Å²) in [6, 6.07) is 0. The van der Waals surface area contributed by atoms with E-state index in [0.717, 1.165) is 42.8 Å². The zero-order chi connectivity index (χ0) is 16.8. The van der Waals surface area contributed by atoms with E-state index in [1.165, 1.54) is 0 Å². The lowest BCUT2D eigenvalue weighted by atomic mass is 9.80. The molecule has 0 spiro atoms. The van der Waals surface area contributed by atoms with Crippen molar-refractivity contribution < 1.29 is 9.59 Å². The van der Waals surface area contributed by atoms with E-state index in [4.69, 9.17) is 5.73 Å². The highest BCUT2D eigenvalue weighted by atomic mass is 16.2. The van der Waals surface area contributed by atoms with E-state index in [0.29, 0.717) is 19.5 Å². The molecule has 126 valence electrons. The molecule has 6 heteroatoms. The Morgan fingerprint density at radius 2 is 2.13 bits per heavy atom. The molecular weight excluding hydrogens is 292 g/mol. The third kappa shape index (κ3) is 2.44. The summed E-state index contributed by atoms with van der Waals surface area (Å²) in [6.07, 6.45) is 3.22. The molecule has 2 N–H and O–H groups in total. The van der Waals surface area contributed by atoms with Gasteiger partial charge in [0.25, 0.3) is 0 Å². The van der Waals surface area contributed by atoms with E-state index in [-0.39, 0.29) is 17.7 Å². The van der Waals surface area contributed by atoms with Gasteiger partial charge in [-0.25, -0.2) is 0 Å². The Hall–Kier alpha value is -1.85. The van der Waals surface area contributed by atoms with E-state index in [1.807, 2.05) is 30.4 Å². The number of nitrogens with zero attached hydrogens (tertiary/aromatic N) is 3. The summed E-state index contributed by atoms with van der Waals surface area (Å²) in [7, 11) is 0. The van der Waals surface area contributed by atoms with Gasteiger partial charge in [-0.1, -0.05) is 6.42 Å². The monoisotopic (exact) mass is 318 g/mol. The van der Waals surface area contributed by atoms with Crippen LogP contribution in [-0.4, -0.2) is 39.6 Å². The van der Waals surface area contributed by atoms with Crippen LogP contribution < -0.4 is 5.73 Å². The van der Waals surface area contributed by atoms with Crippen LogP contribution in [0, 0.1) is 25.2 Å². The van der Waals surface area contributed by atoms with Crippen LogP contribution in [0.15, 0.2) is 0 Å². The predicted molar refractivity (Wildman–Crippen MR) is 86.6 cm³/mol. The van der Waals surface area contributed by atoms with Crippen molar-refractivity contribution >= 4 is 11.8 Å². The van der Waals surface area contributed by atoms with Gasteiger partial charge in [0.1, 0.15) is 0 Å². The number of carbonyl (C=O) groups is 2. The molecule has 1 aromatic rings. The molecule has 1 aromatic heterocycles. The molecule has 1 saturated heterocycles. The van der Waals surface area contributed by atoms with Crippen molar-refractivity contribution in [2.75, 3.05) is 13.1 Å². The van der Waals surface area contributed by atoms with Gasteiger partial charge in [0.2, 0.25) is 11.8 Å². The van der Waals surface area contributed by atoms with Crippen molar-refractivity contribution in [1.82, 2.24) is 14.7 Å². The molecule has 0 unspecified atom stereocenters. The summed E-state index contributed by atoms with van der Waals surface area (Å²) in [5.74, 6) is 0.0906. The zero-order valence-corrected chi connectivity index (χ0v) is 14.3. The predicted octanol–water partition coefficient (Wildman–Crippen LogP) is 1.18. The third-order valence-electron chi connectivity index (χ3n) is 5.87. The zero-order valence-electron chi connectivity index (χ0n) is 14.3. The van der Waals surface area contributed by atoms with Crippen molar-refractivity contribution in [2.45, 2.75) is 53.0 Å². The van der Waals surface area contributed by atoms with Crippen LogP contribution in [0.5, 0.6) is 0 Å². The van der Waals surface area contributed by atoms with Crippen LogP contribution in [0.1, 0.15) is 43.1 Å². The molecule has 2 atom stereocenters. The first-order chi connectivity index (χ1) is 10.9. The fourth-order valence-corrected chi connectivity index (χ4v) is 4.44. The molecule has 1 saturated carbocycles. The molecule has 3 rings (SSSR count). The van der Waals surface area contributed by atoms with Crippen LogP contribution in [0.4, 0.5) is 0 Å². The van der Waals surface area contributed by atoms with E-state index >= 15 is 0 Å². The number of nitrogens with two attached hydrogens (primary N) is 1. The molecule has 2 fully saturated rings. The van der Waals surface area contributed by atoms with E-state index in [1.54, 1.807) is 0 Å². The normalized spacial score (nSPS) is 26.6. The minimum Gasteiger partial charge on any atom is -0.369 e. The van der Waals surface area contributed by atoms with Gasteiger partial charge in [-0.2, -0.15) is 5.10 Å². The van der Waals surface area contributed by atoms with Crippen molar-refractivity contribution in [3.63, 3.8) is 0 Å². The Kier molecular flexibility index (Phi) is 3.94. The first kappa shape index (κ1) is 16.0. The molecule has 1 aliphatic heterocycles. The molecule has 23 heavy (non-hydrogen) atoms. The lowest BCUT2D eigenvalue weighted by Gasteiger charge is -2.24. The van der Waals surface area contributed by atoms with Crippen LogP contribution in [0.2, 0.25) is 0 Å². The second kappa shape index (κ2) is 5.65. The minimum atomic E-state index is -0.479. The Balaban J connectivity index is 1.76. The maximum absolute atomic E-state index is 12.7. The smallest absolute Gasteiger partial charge is 0.227 e. The standard InChI is InChI=1S/C17H26N4O2/c1-4-21-12(3)14(11(2)19-21)8-15(22)20-9-13-6-5-7-17(13,10-20)16(18)23/h13H,4-10H2,1-3H3,(H2,18,23)/t13-,17-/m0/s1. The average Bonchev–Trinajstić information content (AvgIpc) is 3.13. The van der Waals surface area contributed by atoms with Gasteiger partial charge in [-0.3, -0.25) is 14.3 Å². The van der Waals surface area contributed by atoms with E-state index in [9.17, 15) is 9.59 Å². The number of fused-ring (bicyclic) bond motifs is 1. The van der Waals surface area contributed by atoms with Gasteiger partial charge in [0, 0.05) is 30.9 Å². The molecule has 2 aliphatic rings. The largest absolute Gasteiger partial charge is 0.369 e. The summed E-state index contributed by atoms with van der Waals surface area (Å²) >= 11 is 0. The van der Waals surface area contributed by atoms with Crippen molar-refractivity contribution in [3.8, 4) is 0 Å². The Labute approximate surface area is 137 Å². The lowest BCUT2D eigenvalue weighted by Crippen LogP contribution is -2.41.